The summed E-state index contributed by atoms with van der Waals surface area (Å²) >= 11 is 6.06. The summed E-state index contributed by atoms with van der Waals surface area (Å²) in [7, 11) is 1.74. The number of hydrogen-bond acceptors (Lipinski definition) is 5. The smallest absolute Gasteiger partial charge is 0.291 e. The zero-order valence-electron chi connectivity index (χ0n) is 17.0. The van der Waals surface area contributed by atoms with E-state index in [9.17, 15) is 9.59 Å². The van der Waals surface area contributed by atoms with Crippen LogP contribution in [-0.2, 0) is 13.7 Å². The number of aromatic nitrogens is 2. The lowest BCUT2D eigenvalue weighted by Gasteiger charge is -2.07. The van der Waals surface area contributed by atoms with E-state index in [0.717, 1.165) is 0 Å². The summed E-state index contributed by atoms with van der Waals surface area (Å²) in [6.07, 6.45) is 1.69. The number of amides is 2. The van der Waals surface area contributed by atoms with Gasteiger partial charge in [-0.2, -0.15) is 5.10 Å². The first-order chi connectivity index (χ1) is 15.5. The largest absolute Gasteiger partial charge is 0.484 e. The molecule has 2 aromatic heterocycles. The second kappa shape index (κ2) is 9.40. The molecule has 2 heterocycles. The lowest BCUT2D eigenvalue weighted by atomic mass is 10.2. The SMILES string of the molecule is Cn1ccc(C(=O)Nc2ccc(NC(=O)c3ccc(COc4ccccc4Cl)o3)cc2)n1. The minimum atomic E-state index is -0.403. The number of hydrogen-bond donors (Lipinski definition) is 2. The Hall–Kier alpha value is -4.04. The number of carbonyl (C=O) groups is 2. The first kappa shape index (κ1) is 21.2. The van der Waals surface area contributed by atoms with Crippen LogP contribution < -0.4 is 15.4 Å². The van der Waals surface area contributed by atoms with Gasteiger partial charge in [0.15, 0.2) is 11.5 Å². The van der Waals surface area contributed by atoms with Crippen molar-refractivity contribution in [2.45, 2.75) is 6.61 Å². The molecule has 0 atom stereocenters. The van der Waals surface area contributed by atoms with Crippen molar-refractivity contribution < 1.29 is 18.7 Å². The van der Waals surface area contributed by atoms with Crippen LogP contribution in [0.3, 0.4) is 0 Å². The number of anilines is 2. The van der Waals surface area contributed by atoms with Crippen LogP contribution in [0.2, 0.25) is 5.02 Å². The highest BCUT2D eigenvalue weighted by Crippen LogP contribution is 2.24. The quantitative estimate of drug-likeness (QED) is 0.423. The van der Waals surface area contributed by atoms with Crippen LogP contribution >= 0.6 is 11.6 Å². The van der Waals surface area contributed by atoms with Crippen LogP contribution in [0.4, 0.5) is 11.4 Å². The van der Waals surface area contributed by atoms with Crippen LogP contribution in [0.1, 0.15) is 26.8 Å². The van der Waals surface area contributed by atoms with E-state index in [1.165, 1.54) is 0 Å². The monoisotopic (exact) mass is 450 g/mol. The standard InChI is InChI=1S/C23H19ClN4O4/c1-28-13-12-19(27-28)22(29)25-15-6-8-16(9-7-15)26-23(30)21-11-10-17(32-21)14-31-20-5-3-2-4-18(20)24/h2-13H,14H2,1H3,(H,25,29)(H,26,30). The van der Waals surface area contributed by atoms with Crippen molar-refractivity contribution in [1.29, 1.82) is 0 Å². The fraction of sp³-hybridized carbons (Fsp3) is 0.0870. The van der Waals surface area contributed by atoms with Crippen molar-refractivity contribution in [2.75, 3.05) is 10.6 Å². The van der Waals surface area contributed by atoms with E-state index in [2.05, 4.69) is 15.7 Å². The molecule has 0 saturated carbocycles. The molecule has 0 aliphatic rings. The molecular weight excluding hydrogens is 432 g/mol. The van der Waals surface area contributed by atoms with Gasteiger partial charge >= 0.3 is 0 Å². The Morgan fingerprint density at radius 1 is 0.969 bits per heavy atom. The average molecular weight is 451 g/mol. The van der Waals surface area contributed by atoms with E-state index in [4.69, 9.17) is 20.8 Å². The molecule has 0 spiro atoms. The number of nitrogens with zero attached hydrogens (tertiary/aromatic N) is 2. The predicted octanol–water partition coefficient (Wildman–Crippen LogP) is 4.75. The van der Waals surface area contributed by atoms with Gasteiger partial charge in [0.05, 0.1) is 5.02 Å². The number of aryl methyl sites for hydroxylation is 1. The van der Waals surface area contributed by atoms with Crippen LogP contribution in [0, 0.1) is 0 Å². The Balaban J connectivity index is 1.32. The van der Waals surface area contributed by atoms with Gasteiger partial charge in [-0.15, -0.1) is 0 Å². The van der Waals surface area contributed by atoms with Crippen LogP contribution in [0.15, 0.2) is 77.3 Å². The minimum absolute atomic E-state index is 0.141. The number of ether oxygens (including phenoxy) is 1. The fourth-order valence-electron chi connectivity index (χ4n) is 2.85. The molecule has 0 aliphatic carbocycles. The molecule has 32 heavy (non-hydrogen) atoms. The van der Waals surface area contributed by atoms with E-state index >= 15 is 0 Å². The maximum absolute atomic E-state index is 12.5. The molecule has 2 aromatic carbocycles. The van der Waals surface area contributed by atoms with Crippen LogP contribution in [0.5, 0.6) is 5.75 Å². The van der Waals surface area contributed by atoms with Gasteiger partial charge in [-0.05, 0) is 54.6 Å². The molecule has 4 rings (SSSR count). The molecule has 4 aromatic rings. The van der Waals surface area contributed by atoms with Crippen molar-refractivity contribution in [1.82, 2.24) is 9.78 Å². The van der Waals surface area contributed by atoms with E-state index < -0.39 is 5.91 Å². The molecule has 8 nitrogen and oxygen atoms in total. The molecule has 0 fully saturated rings. The Bertz CT molecular complexity index is 1250. The van der Waals surface area contributed by atoms with Gasteiger partial charge in [-0.25, -0.2) is 0 Å². The van der Waals surface area contributed by atoms with Crippen LogP contribution in [0.25, 0.3) is 0 Å². The summed E-state index contributed by atoms with van der Waals surface area (Å²) in [5.41, 5.74) is 1.45. The van der Waals surface area contributed by atoms with Crippen molar-refractivity contribution >= 4 is 34.8 Å². The summed E-state index contributed by atoms with van der Waals surface area (Å²) in [4.78, 5) is 24.6. The van der Waals surface area contributed by atoms with Gasteiger partial charge < -0.3 is 19.8 Å². The van der Waals surface area contributed by atoms with Crippen molar-refractivity contribution in [2.24, 2.45) is 7.05 Å². The van der Waals surface area contributed by atoms with Gasteiger partial charge in [-0.3, -0.25) is 14.3 Å². The van der Waals surface area contributed by atoms with Gasteiger partial charge in [-0.1, -0.05) is 23.7 Å². The summed E-state index contributed by atoms with van der Waals surface area (Å²) < 4.78 is 12.7. The normalized spacial score (nSPS) is 10.6. The molecule has 0 saturated heterocycles. The number of benzene rings is 2. The third-order valence-electron chi connectivity index (χ3n) is 4.44. The number of carbonyl (C=O) groups excluding carboxylic acids is 2. The Morgan fingerprint density at radius 3 is 2.31 bits per heavy atom. The number of halogens is 1. The highest BCUT2D eigenvalue weighted by atomic mass is 35.5. The Labute approximate surface area is 188 Å². The topological polar surface area (TPSA) is 98.4 Å². The molecule has 0 bridgehead atoms. The van der Waals surface area contributed by atoms with Gasteiger partial charge in [0.25, 0.3) is 11.8 Å². The average Bonchev–Trinajstić information content (AvgIpc) is 3.44. The highest BCUT2D eigenvalue weighted by molar-refractivity contribution is 6.32. The fourth-order valence-corrected chi connectivity index (χ4v) is 3.04. The molecule has 162 valence electrons. The van der Waals surface area contributed by atoms with E-state index in [1.54, 1.807) is 72.5 Å². The third kappa shape index (κ3) is 5.16. The summed E-state index contributed by atoms with van der Waals surface area (Å²) in [5.74, 6) is 0.452. The summed E-state index contributed by atoms with van der Waals surface area (Å²) in [6, 6.07) is 18.7. The van der Waals surface area contributed by atoms with E-state index in [1.807, 2.05) is 12.1 Å². The molecule has 2 N–H and O–H groups in total. The molecule has 0 radical (unpaired) electrons. The number of para-hydroxylation sites is 1. The number of nitrogens with one attached hydrogen (secondary N) is 2. The van der Waals surface area contributed by atoms with Gasteiger partial charge in [0.1, 0.15) is 18.1 Å². The van der Waals surface area contributed by atoms with E-state index in [-0.39, 0.29) is 18.3 Å². The van der Waals surface area contributed by atoms with Crippen molar-refractivity contribution in [3.63, 3.8) is 0 Å². The molecular formula is C23H19ClN4O4. The first-order valence-corrected chi connectivity index (χ1v) is 10.0. The zero-order chi connectivity index (χ0) is 22.5. The summed E-state index contributed by atoms with van der Waals surface area (Å²) in [6.45, 7) is 0.141. The van der Waals surface area contributed by atoms with Gasteiger partial charge in [0.2, 0.25) is 0 Å². The van der Waals surface area contributed by atoms with Crippen molar-refractivity contribution in [3.05, 3.63) is 95.2 Å². The maximum atomic E-state index is 12.5. The van der Waals surface area contributed by atoms with Crippen molar-refractivity contribution in [3.8, 4) is 5.75 Å². The van der Waals surface area contributed by atoms with Gasteiger partial charge in [0, 0.05) is 24.6 Å². The Kier molecular flexibility index (Phi) is 6.23. The number of rotatable bonds is 7. The molecule has 2 amide bonds. The second-order valence-electron chi connectivity index (χ2n) is 6.85. The number of furan rings is 1. The van der Waals surface area contributed by atoms with E-state index in [0.29, 0.717) is 33.6 Å². The lowest BCUT2D eigenvalue weighted by molar-refractivity contribution is 0.0990. The van der Waals surface area contributed by atoms with Crippen LogP contribution in [-0.4, -0.2) is 21.6 Å². The molecule has 0 unspecified atom stereocenters. The molecule has 0 aliphatic heterocycles. The third-order valence-corrected chi connectivity index (χ3v) is 4.75. The summed E-state index contributed by atoms with van der Waals surface area (Å²) in [5, 5.41) is 10.0. The maximum Gasteiger partial charge on any atom is 0.291 e. The predicted molar refractivity (Wildman–Crippen MR) is 120 cm³/mol. The first-order valence-electron chi connectivity index (χ1n) is 9.66. The Morgan fingerprint density at radius 2 is 1.66 bits per heavy atom. The second-order valence-corrected chi connectivity index (χ2v) is 7.25. The lowest BCUT2D eigenvalue weighted by Crippen LogP contribution is -2.13. The zero-order valence-corrected chi connectivity index (χ0v) is 17.8. The highest BCUT2D eigenvalue weighted by Gasteiger charge is 2.13. The minimum Gasteiger partial charge on any atom is -0.484 e. The molecule has 9 heteroatoms.